The summed E-state index contributed by atoms with van der Waals surface area (Å²) in [7, 11) is 0. The van der Waals surface area contributed by atoms with Gasteiger partial charge in [0.05, 0.1) is 10.8 Å². The molecule has 2 aromatic rings. The van der Waals surface area contributed by atoms with Gasteiger partial charge in [0.15, 0.2) is 0 Å². The fourth-order valence-electron chi connectivity index (χ4n) is 1.96. The quantitative estimate of drug-likeness (QED) is 0.478. The van der Waals surface area contributed by atoms with E-state index in [2.05, 4.69) is 0 Å². The fraction of sp³-hybridized carbons (Fsp3) is 0.133. The van der Waals surface area contributed by atoms with Crippen LogP contribution in [0.15, 0.2) is 48.5 Å². The second-order valence-corrected chi connectivity index (χ2v) is 4.38. The summed E-state index contributed by atoms with van der Waals surface area (Å²) in [4.78, 5) is 21.6. The van der Waals surface area contributed by atoms with Gasteiger partial charge in [-0.05, 0) is 18.1 Å². The van der Waals surface area contributed by atoms with Crippen LogP contribution in [0.25, 0.3) is 0 Å². The number of carbonyl (C=O) groups excluding carboxylic acids is 1. The van der Waals surface area contributed by atoms with Crippen LogP contribution in [0.2, 0.25) is 0 Å². The summed E-state index contributed by atoms with van der Waals surface area (Å²) >= 11 is 0. The number of non-ortho nitro benzene ring substituents is 1. The van der Waals surface area contributed by atoms with Crippen LogP contribution >= 0.6 is 0 Å². The molecule has 0 spiro atoms. The van der Waals surface area contributed by atoms with Crippen molar-refractivity contribution in [2.24, 2.45) is 0 Å². The van der Waals surface area contributed by atoms with E-state index in [9.17, 15) is 14.9 Å². The van der Waals surface area contributed by atoms with E-state index < -0.39 is 10.8 Å². The van der Waals surface area contributed by atoms with Gasteiger partial charge in [-0.2, -0.15) is 0 Å². The van der Waals surface area contributed by atoms with Gasteiger partial charge in [-0.3, -0.25) is 10.1 Å². The van der Waals surface area contributed by atoms with E-state index in [1.807, 2.05) is 31.2 Å². The van der Waals surface area contributed by atoms with Gasteiger partial charge >= 0.3 is 0 Å². The molecule has 4 nitrogen and oxygen atoms in total. The highest BCUT2D eigenvalue weighted by molar-refractivity contribution is 5.69. The van der Waals surface area contributed by atoms with E-state index in [-0.39, 0.29) is 5.69 Å². The molecule has 1 atom stereocenters. The van der Waals surface area contributed by atoms with Gasteiger partial charge in [-0.15, -0.1) is 0 Å². The van der Waals surface area contributed by atoms with E-state index in [1.165, 1.54) is 12.1 Å². The molecule has 2 aromatic carbocycles. The smallest absolute Gasteiger partial charge is 0.269 e. The molecule has 0 saturated carbocycles. The second-order valence-electron chi connectivity index (χ2n) is 4.38. The topological polar surface area (TPSA) is 60.2 Å². The highest BCUT2D eigenvalue weighted by atomic mass is 16.6. The van der Waals surface area contributed by atoms with Crippen LogP contribution in [0.1, 0.15) is 22.6 Å². The molecule has 0 aromatic heterocycles. The number of benzene rings is 2. The summed E-state index contributed by atoms with van der Waals surface area (Å²) in [6.45, 7) is 1.97. The number of rotatable bonds is 4. The van der Waals surface area contributed by atoms with E-state index >= 15 is 0 Å². The van der Waals surface area contributed by atoms with Crippen LogP contribution in [0.4, 0.5) is 5.69 Å². The van der Waals surface area contributed by atoms with Crippen molar-refractivity contribution in [3.63, 3.8) is 0 Å². The van der Waals surface area contributed by atoms with Crippen LogP contribution in [0.5, 0.6) is 0 Å². The third kappa shape index (κ3) is 2.85. The second kappa shape index (κ2) is 5.44. The Kier molecular flexibility index (Phi) is 3.71. The Balaban J connectivity index is 2.42. The van der Waals surface area contributed by atoms with Crippen molar-refractivity contribution in [1.29, 1.82) is 0 Å². The summed E-state index contributed by atoms with van der Waals surface area (Å²) in [6.07, 6.45) is 0.809. The molecule has 0 amide bonds. The molecule has 2 rings (SSSR count). The van der Waals surface area contributed by atoms with E-state index in [4.69, 9.17) is 0 Å². The van der Waals surface area contributed by atoms with Crippen molar-refractivity contribution >= 4 is 12.0 Å². The maximum atomic E-state index is 11.3. The Labute approximate surface area is 110 Å². The molecule has 0 aliphatic heterocycles. The number of nitro benzene ring substituents is 1. The first-order chi connectivity index (χ1) is 9.11. The van der Waals surface area contributed by atoms with Crippen LogP contribution in [0, 0.1) is 17.0 Å². The van der Waals surface area contributed by atoms with E-state index in [0.717, 1.165) is 17.4 Å². The molecule has 0 N–H and O–H groups in total. The third-order valence-electron chi connectivity index (χ3n) is 3.01. The van der Waals surface area contributed by atoms with Crippen LogP contribution in [-0.2, 0) is 4.79 Å². The third-order valence-corrected chi connectivity index (χ3v) is 3.01. The summed E-state index contributed by atoms with van der Waals surface area (Å²) in [5.74, 6) is -0.472. The minimum Gasteiger partial charge on any atom is -0.302 e. The van der Waals surface area contributed by atoms with Crippen molar-refractivity contribution in [3.05, 3.63) is 75.3 Å². The average Bonchev–Trinajstić information content (AvgIpc) is 2.42. The number of aldehydes is 1. The molecule has 0 aliphatic rings. The molecule has 96 valence electrons. The van der Waals surface area contributed by atoms with Crippen molar-refractivity contribution in [1.82, 2.24) is 0 Å². The van der Waals surface area contributed by atoms with Gasteiger partial charge < -0.3 is 4.79 Å². The Bertz CT molecular complexity index is 605. The van der Waals surface area contributed by atoms with Gasteiger partial charge in [-0.1, -0.05) is 42.0 Å². The molecule has 4 heteroatoms. The van der Waals surface area contributed by atoms with Crippen molar-refractivity contribution in [2.75, 3.05) is 0 Å². The summed E-state index contributed by atoms with van der Waals surface area (Å²) in [5.41, 5.74) is 2.57. The Morgan fingerprint density at radius 1 is 1.11 bits per heavy atom. The Morgan fingerprint density at radius 3 is 2.37 bits per heavy atom. The van der Waals surface area contributed by atoms with Gasteiger partial charge in [-0.25, -0.2) is 0 Å². The molecule has 0 bridgehead atoms. The van der Waals surface area contributed by atoms with Crippen LogP contribution < -0.4 is 0 Å². The molecule has 0 saturated heterocycles. The largest absolute Gasteiger partial charge is 0.302 e. The van der Waals surface area contributed by atoms with Gasteiger partial charge in [0.2, 0.25) is 0 Å². The average molecular weight is 255 g/mol. The number of aryl methyl sites for hydroxylation is 1. The molecule has 0 heterocycles. The number of nitro groups is 1. The highest BCUT2D eigenvalue weighted by Gasteiger charge is 2.16. The first kappa shape index (κ1) is 13.0. The lowest BCUT2D eigenvalue weighted by Gasteiger charge is -2.11. The summed E-state index contributed by atoms with van der Waals surface area (Å²) in [6, 6.07) is 13.8. The number of nitrogens with zero attached hydrogens (tertiary/aromatic N) is 1. The monoisotopic (exact) mass is 255 g/mol. The summed E-state index contributed by atoms with van der Waals surface area (Å²) < 4.78 is 0. The molecular formula is C15H13NO3. The van der Waals surface area contributed by atoms with Crippen molar-refractivity contribution in [3.8, 4) is 0 Å². The summed E-state index contributed by atoms with van der Waals surface area (Å²) in [5, 5.41) is 10.8. The first-order valence-electron chi connectivity index (χ1n) is 5.88. The molecule has 0 radical (unpaired) electrons. The SMILES string of the molecule is Cc1ccc([C@H](C=O)c2cccc([N+](=O)[O-])c2)cc1. The molecule has 19 heavy (non-hydrogen) atoms. The number of carbonyl (C=O) groups is 1. The lowest BCUT2D eigenvalue weighted by Crippen LogP contribution is -2.03. The lowest BCUT2D eigenvalue weighted by atomic mass is 9.92. The molecule has 0 unspecified atom stereocenters. The lowest BCUT2D eigenvalue weighted by molar-refractivity contribution is -0.384. The molecule has 0 fully saturated rings. The van der Waals surface area contributed by atoms with Crippen molar-refractivity contribution in [2.45, 2.75) is 12.8 Å². The van der Waals surface area contributed by atoms with E-state index in [0.29, 0.717) is 5.56 Å². The number of hydrogen-bond acceptors (Lipinski definition) is 3. The maximum Gasteiger partial charge on any atom is 0.269 e. The fourth-order valence-corrected chi connectivity index (χ4v) is 1.96. The van der Waals surface area contributed by atoms with Crippen LogP contribution in [0.3, 0.4) is 0 Å². The zero-order valence-corrected chi connectivity index (χ0v) is 10.4. The van der Waals surface area contributed by atoms with Crippen molar-refractivity contribution < 1.29 is 9.72 Å². The zero-order valence-electron chi connectivity index (χ0n) is 10.4. The predicted octanol–water partition coefficient (Wildman–Crippen LogP) is 3.23. The molecule has 0 aliphatic carbocycles. The Hall–Kier alpha value is -2.49. The highest BCUT2D eigenvalue weighted by Crippen LogP contribution is 2.25. The van der Waals surface area contributed by atoms with Crippen LogP contribution in [-0.4, -0.2) is 11.2 Å². The first-order valence-corrected chi connectivity index (χ1v) is 5.88. The van der Waals surface area contributed by atoms with Gasteiger partial charge in [0, 0.05) is 12.1 Å². The number of hydrogen-bond donors (Lipinski definition) is 0. The minimum absolute atomic E-state index is 0.00328. The predicted molar refractivity (Wildman–Crippen MR) is 72.2 cm³/mol. The minimum atomic E-state index is -0.472. The van der Waals surface area contributed by atoms with Gasteiger partial charge in [0.25, 0.3) is 5.69 Å². The zero-order chi connectivity index (χ0) is 13.8. The Morgan fingerprint density at radius 2 is 1.79 bits per heavy atom. The van der Waals surface area contributed by atoms with E-state index in [1.54, 1.807) is 12.1 Å². The normalized spacial score (nSPS) is 11.8. The molecular weight excluding hydrogens is 242 g/mol. The van der Waals surface area contributed by atoms with Gasteiger partial charge in [0.1, 0.15) is 6.29 Å². The standard InChI is InChI=1S/C15H13NO3/c1-11-5-7-12(8-6-11)15(10-17)13-3-2-4-14(9-13)16(18)19/h2-10,15H,1H3/t15-/m0/s1. The maximum absolute atomic E-state index is 11.3.